The van der Waals surface area contributed by atoms with Gasteiger partial charge in [0.25, 0.3) is 0 Å². The topological polar surface area (TPSA) is 83.5 Å². The summed E-state index contributed by atoms with van der Waals surface area (Å²) in [6, 6.07) is 7.53. The summed E-state index contributed by atoms with van der Waals surface area (Å²) in [6.45, 7) is 13.4. The van der Waals surface area contributed by atoms with E-state index in [1.165, 1.54) is 75.2 Å². The maximum absolute atomic E-state index is 11.9. The average molecular weight is 596 g/mol. The first-order chi connectivity index (χ1) is 19.6. The van der Waals surface area contributed by atoms with Gasteiger partial charge in [-0.3, -0.25) is 0 Å². The van der Waals surface area contributed by atoms with Gasteiger partial charge in [0.1, 0.15) is 9.84 Å². The first kappa shape index (κ1) is 30.4. The molecular weight excluding hydrogens is 542 g/mol. The average Bonchev–Trinajstić information content (AvgIpc) is 3.32. The highest BCUT2D eigenvalue weighted by atomic mass is 32.2. The van der Waals surface area contributed by atoms with Crippen molar-refractivity contribution in [2.45, 2.75) is 104 Å². The molecule has 0 aliphatic heterocycles. The van der Waals surface area contributed by atoms with Crippen molar-refractivity contribution in [3.63, 3.8) is 0 Å². The maximum Gasteiger partial charge on any atom is 0.335 e. The third-order valence-electron chi connectivity index (χ3n) is 14.3. The van der Waals surface area contributed by atoms with Gasteiger partial charge in [0.15, 0.2) is 0 Å². The second-order valence-electron chi connectivity index (χ2n) is 16.3. The number of fused-ring (bicyclic) bond motifs is 7. The van der Waals surface area contributed by atoms with E-state index in [9.17, 15) is 18.3 Å². The predicted octanol–water partition coefficient (Wildman–Crippen LogP) is 7.62. The van der Waals surface area contributed by atoms with Crippen LogP contribution in [0.3, 0.4) is 0 Å². The van der Waals surface area contributed by atoms with E-state index < -0.39 is 15.8 Å². The van der Waals surface area contributed by atoms with Gasteiger partial charge in [-0.1, -0.05) is 59.2 Å². The number of benzene rings is 1. The molecule has 0 heterocycles. The second-order valence-corrected chi connectivity index (χ2v) is 18.6. The van der Waals surface area contributed by atoms with Crippen molar-refractivity contribution in [3.05, 3.63) is 41.5 Å². The Kier molecular flexibility index (Phi) is 7.18. The molecule has 4 fully saturated rings. The van der Waals surface area contributed by atoms with Crippen molar-refractivity contribution < 1.29 is 18.3 Å². The summed E-state index contributed by atoms with van der Waals surface area (Å²) in [4.78, 5) is 11.5. The number of sulfone groups is 1. The number of rotatable bonds is 6. The number of carboxylic acid groups (broad SMARTS) is 1. The Labute approximate surface area is 254 Å². The zero-order chi connectivity index (χ0) is 30.3. The van der Waals surface area contributed by atoms with Crippen LogP contribution in [-0.4, -0.2) is 43.6 Å². The van der Waals surface area contributed by atoms with Gasteiger partial charge >= 0.3 is 5.97 Å². The van der Waals surface area contributed by atoms with Crippen molar-refractivity contribution in [1.29, 1.82) is 0 Å². The monoisotopic (exact) mass is 595 g/mol. The molecule has 0 saturated heterocycles. The minimum absolute atomic E-state index is 0.0214. The Hall–Kier alpha value is -1.66. The van der Waals surface area contributed by atoms with Crippen molar-refractivity contribution in [2.24, 2.45) is 45.3 Å². The Morgan fingerprint density at radius 3 is 2.26 bits per heavy atom. The normalized spacial score (nSPS) is 42.5. The Morgan fingerprint density at radius 1 is 0.881 bits per heavy atom. The van der Waals surface area contributed by atoms with Gasteiger partial charge in [0.05, 0.1) is 11.3 Å². The van der Waals surface area contributed by atoms with Crippen LogP contribution in [0.15, 0.2) is 30.3 Å². The minimum Gasteiger partial charge on any atom is -0.478 e. The zero-order valence-electron chi connectivity index (χ0n) is 26.8. The van der Waals surface area contributed by atoms with E-state index in [4.69, 9.17) is 0 Å². The van der Waals surface area contributed by atoms with E-state index in [-0.39, 0.29) is 22.1 Å². The van der Waals surface area contributed by atoms with Gasteiger partial charge in [0, 0.05) is 18.3 Å². The van der Waals surface area contributed by atoms with E-state index in [0.29, 0.717) is 46.6 Å². The van der Waals surface area contributed by atoms with E-state index in [1.807, 2.05) is 12.1 Å². The molecule has 7 unspecified atom stereocenters. The molecule has 0 radical (unpaired) electrons. The number of allylic oxidation sites excluding steroid dienone is 2. The summed E-state index contributed by atoms with van der Waals surface area (Å²) < 4.78 is 23.8. The summed E-state index contributed by atoms with van der Waals surface area (Å²) in [7, 11) is -2.96. The van der Waals surface area contributed by atoms with Gasteiger partial charge in [-0.05, 0) is 126 Å². The highest BCUT2D eigenvalue weighted by Crippen LogP contribution is 2.76. The Morgan fingerprint density at radius 2 is 1.60 bits per heavy atom. The molecule has 6 heteroatoms. The molecule has 5 aliphatic carbocycles. The third-order valence-corrected chi connectivity index (χ3v) is 15.3. The molecule has 232 valence electrons. The lowest BCUT2D eigenvalue weighted by Crippen LogP contribution is -2.67. The molecule has 1 aromatic rings. The Bertz CT molecular complexity index is 1380. The molecule has 42 heavy (non-hydrogen) atoms. The van der Waals surface area contributed by atoms with Crippen molar-refractivity contribution in [1.82, 2.24) is 5.32 Å². The third kappa shape index (κ3) is 4.39. The summed E-state index contributed by atoms with van der Waals surface area (Å²) in [5.41, 5.74) is 3.90. The van der Waals surface area contributed by atoms with Crippen LogP contribution in [0.4, 0.5) is 0 Å². The fourth-order valence-electron chi connectivity index (χ4n) is 12.3. The smallest absolute Gasteiger partial charge is 0.335 e. The number of nitrogens with one attached hydrogen (secondary N) is 1. The lowest BCUT2D eigenvalue weighted by Gasteiger charge is -2.72. The first-order valence-corrected chi connectivity index (χ1v) is 18.6. The molecular formula is C36H53NO4S. The quantitative estimate of drug-likeness (QED) is 0.353. The largest absolute Gasteiger partial charge is 0.478 e. The first-order valence-electron chi connectivity index (χ1n) is 16.5. The number of aromatic carboxylic acids is 1. The molecule has 1 aromatic carbocycles. The molecule has 0 bridgehead atoms. The van der Waals surface area contributed by atoms with Crippen LogP contribution in [-0.2, 0) is 9.84 Å². The number of hydrogen-bond acceptors (Lipinski definition) is 4. The maximum atomic E-state index is 11.9. The fraction of sp³-hybridized carbons (Fsp3) is 0.750. The van der Waals surface area contributed by atoms with Crippen molar-refractivity contribution >= 4 is 21.4 Å². The second kappa shape index (κ2) is 9.92. The highest BCUT2D eigenvalue weighted by molar-refractivity contribution is 7.90. The molecule has 0 aromatic heterocycles. The standard InChI is InChI=1S/C36H53NO4S/c1-32(2)26(24-9-11-25(12-10-24)31(38)39)15-18-33(3)29(32)16-19-35(5)30(33)14-13-27-28-8-7-17-36(28,21-20-34(27,35)4)37-22-23-42(6,40)41/h9-12,15,27-30,37H,7-8,13-14,16-23H2,1-6H3,(H,38,39)/t27?,28?,29?,30?,33?,34-,35?,36?/m1/s1. The van der Waals surface area contributed by atoms with E-state index in [2.05, 4.69) is 46.0 Å². The summed E-state index contributed by atoms with van der Waals surface area (Å²) in [5.74, 6) is 2.00. The van der Waals surface area contributed by atoms with Gasteiger partial charge in [0.2, 0.25) is 0 Å². The molecule has 2 N–H and O–H groups in total. The van der Waals surface area contributed by atoms with Crippen LogP contribution >= 0.6 is 0 Å². The van der Waals surface area contributed by atoms with Crippen LogP contribution in [0.2, 0.25) is 0 Å². The molecule has 0 amide bonds. The van der Waals surface area contributed by atoms with E-state index >= 15 is 0 Å². The number of carbonyl (C=O) groups is 1. The van der Waals surface area contributed by atoms with Gasteiger partial charge < -0.3 is 10.4 Å². The van der Waals surface area contributed by atoms with Crippen LogP contribution in [0.1, 0.15) is 115 Å². The molecule has 5 nitrogen and oxygen atoms in total. The van der Waals surface area contributed by atoms with Crippen LogP contribution in [0.25, 0.3) is 5.57 Å². The minimum atomic E-state index is -2.96. The van der Waals surface area contributed by atoms with Crippen molar-refractivity contribution in [3.8, 4) is 0 Å². The summed E-state index contributed by atoms with van der Waals surface area (Å²) in [6.07, 6.45) is 16.3. The fourth-order valence-corrected chi connectivity index (χ4v) is 12.7. The van der Waals surface area contributed by atoms with Crippen LogP contribution < -0.4 is 5.32 Å². The van der Waals surface area contributed by atoms with Gasteiger partial charge in [-0.25, -0.2) is 13.2 Å². The zero-order valence-corrected chi connectivity index (χ0v) is 27.6. The van der Waals surface area contributed by atoms with Crippen LogP contribution in [0, 0.1) is 45.3 Å². The number of carboxylic acids is 1. The number of hydrogen-bond donors (Lipinski definition) is 2. The predicted molar refractivity (Wildman–Crippen MR) is 170 cm³/mol. The van der Waals surface area contributed by atoms with Crippen molar-refractivity contribution in [2.75, 3.05) is 18.6 Å². The Balaban J connectivity index is 1.29. The molecule has 5 aliphatic rings. The van der Waals surface area contributed by atoms with E-state index in [1.54, 1.807) is 12.1 Å². The molecule has 0 spiro atoms. The molecule has 6 rings (SSSR count). The summed E-state index contributed by atoms with van der Waals surface area (Å²) in [5, 5.41) is 13.3. The lowest BCUT2D eigenvalue weighted by atomic mass is 9.33. The highest BCUT2D eigenvalue weighted by Gasteiger charge is 2.69. The molecule has 8 atom stereocenters. The SMILES string of the molecule is CC1(C)C(c2ccc(C(=O)O)cc2)=CCC2(C)C1CCC1(C)C2CCC2C3CCCC3(NCCS(C)(=O)=O)CC[C@]21C. The van der Waals surface area contributed by atoms with Crippen LogP contribution in [0.5, 0.6) is 0 Å². The van der Waals surface area contributed by atoms with E-state index in [0.717, 1.165) is 6.42 Å². The summed E-state index contributed by atoms with van der Waals surface area (Å²) >= 11 is 0. The lowest BCUT2D eigenvalue weighted by molar-refractivity contribution is -0.216. The van der Waals surface area contributed by atoms with Gasteiger partial charge in [-0.2, -0.15) is 0 Å². The molecule has 4 saturated carbocycles. The van der Waals surface area contributed by atoms with Gasteiger partial charge in [-0.15, -0.1) is 0 Å².